The summed E-state index contributed by atoms with van der Waals surface area (Å²) < 4.78 is 0. The van der Waals surface area contributed by atoms with Crippen LogP contribution >= 0.6 is 24.2 Å². The van der Waals surface area contributed by atoms with E-state index in [2.05, 4.69) is 43.1 Å². The summed E-state index contributed by atoms with van der Waals surface area (Å²) in [5.41, 5.74) is 2.19. The highest BCUT2D eigenvalue weighted by atomic mass is 35.5. The molecular weight excluding hydrogens is 414 g/mol. The SMILES string of the molecule is CCCCN1C(=NC2CCCCC2)SCC1CC(=O)Nc1ccc(C(C)C)cc1.Cl. The number of anilines is 1. The maximum atomic E-state index is 12.7. The number of hydrogen-bond acceptors (Lipinski definition) is 3. The van der Waals surface area contributed by atoms with Gasteiger partial charge in [-0.05, 0) is 42.9 Å². The molecule has 1 atom stereocenters. The molecule has 0 radical (unpaired) electrons. The van der Waals surface area contributed by atoms with E-state index in [1.165, 1.54) is 49.3 Å². The lowest BCUT2D eigenvalue weighted by Crippen LogP contribution is -2.38. The molecule has 30 heavy (non-hydrogen) atoms. The van der Waals surface area contributed by atoms with Crippen LogP contribution < -0.4 is 5.32 Å². The monoisotopic (exact) mass is 451 g/mol. The summed E-state index contributed by atoms with van der Waals surface area (Å²) in [5, 5.41) is 4.28. The zero-order valence-electron chi connectivity index (χ0n) is 18.7. The molecule has 1 saturated heterocycles. The van der Waals surface area contributed by atoms with E-state index in [1.807, 2.05) is 23.9 Å². The van der Waals surface area contributed by atoms with Gasteiger partial charge in [0.1, 0.15) is 0 Å². The Balaban J connectivity index is 0.00000320. The summed E-state index contributed by atoms with van der Waals surface area (Å²) in [6, 6.07) is 8.98. The van der Waals surface area contributed by atoms with Crippen LogP contribution in [0.2, 0.25) is 0 Å². The van der Waals surface area contributed by atoms with E-state index in [4.69, 9.17) is 4.99 Å². The van der Waals surface area contributed by atoms with Crippen molar-refractivity contribution in [2.45, 2.75) is 90.1 Å². The van der Waals surface area contributed by atoms with Gasteiger partial charge < -0.3 is 10.2 Å². The Kier molecular flexibility index (Phi) is 10.5. The minimum Gasteiger partial charge on any atom is -0.347 e. The maximum absolute atomic E-state index is 12.7. The molecule has 1 aromatic carbocycles. The van der Waals surface area contributed by atoms with Gasteiger partial charge in [0.2, 0.25) is 5.91 Å². The fourth-order valence-corrected chi connectivity index (χ4v) is 5.40. The number of nitrogens with zero attached hydrogens (tertiary/aromatic N) is 2. The molecule has 3 rings (SSSR count). The summed E-state index contributed by atoms with van der Waals surface area (Å²) >= 11 is 1.85. The molecule has 0 aromatic heterocycles. The first-order chi connectivity index (χ1) is 14.1. The summed E-state index contributed by atoms with van der Waals surface area (Å²) in [7, 11) is 0. The zero-order valence-corrected chi connectivity index (χ0v) is 20.4. The molecule has 0 bridgehead atoms. The number of carbonyl (C=O) groups is 1. The number of rotatable bonds is 8. The summed E-state index contributed by atoms with van der Waals surface area (Å²) in [5.74, 6) is 1.58. The Morgan fingerprint density at radius 1 is 1.20 bits per heavy atom. The fourth-order valence-electron chi connectivity index (χ4n) is 4.13. The van der Waals surface area contributed by atoms with E-state index >= 15 is 0 Å². The van der Waals surface area contributed by atoms with Crippen molar-refractivity contribution < 1.29 is 4.79 Å². The summed E-state index contributed by atoms with van der Waals surface area (Å²) in [6.45, 7) is 7.60. The van der Waals surface area contributed by atoms with Gasteiger partial charge in [0.25, 0.3) is 0 Å². The standard InChI is InChI=1S/C24H37N3OS.ClH/c1-4-5-15-27-22(17-29-24(27)26-20-9-7-6-8-10-20)16-23(28)25-21-13-11-19(12-14-21)18(2)3;/h11-14,18,20,22H,4-10,15-17H2,1-3H3,(H,25,28);1H. The van der Waals surface area contributed by atoms with Gasteiger partial charge >= 0.3 is 0 Å². The molecule has 1 amide bonds. The highest BCUT2D eigenvalue weighted by Gasteiger charge is 2.32. The Hall–Kier alpha value is -1.20. The molecule has 6 heteroatoms. The van der Waals surface area contributed by atoms with Crippen LogP contribution in [0.5, 0.6) is 0 Å². The first-order valence-corrected chi connectivity index (χ1v) is 12.4. The highest BCUT2D eigenvalue weighted by molar-refractivity contribution is 8.14. The number of benzene rings is 1. The number of carbonyl (C=O) groups excluding carboxylic acids is 1. The highest BCUT2D eigenvalue weighted by Crippen LogP contribution is 2.30. The first-order valence-electron chi connectivity index (χ1n) is 11.4. The molecule has 0 spiro atoms. The van der Waals surface area contributed by atoms with Gasteiger partial charge in [-0.25, -0.2) is 0 Å². The van der Waals surface area contributed by atoms with E-state index in [9.17, 15) is 4.79 Å². The van der Waals surface area contributed by atoms with Crippen LogP contribution in [0, 0.1) is 0 Å². The first kappa shape index (κ1) is 25.1. The van der Waals surface area contributed by atoms with Gasteiger partial charge in [-0.3, -0.25) is 9.79 Å². The number of nitrogens with one attached hydrogen (secondary N) is 1. The van der Waals surface area contributed by atoms with Crippen LogP contribution in [0.3, 0.4) is 0 Å². The smallest absolute Gasteiger partial charge is 0.226 e. The number of thioether (sulfide) groups is 1. The predicted octanol–water partition coefficient (Wildman–Crippen LogP) is 6.47. The quantitative estimate of drug-likeness (QED) is 0.492. The fraction of sp³-hybridized carbons (Fsp3) is 0.667. The Morgan fingerprint density at radius 2 is 1.90 bits per heavy atom. The number of amidine groups is 1. The van der Waals surface area contributed by atoms with Crippen LogP contribution in [0.1, 0.15) is 83.6 Å². The second kappa shape index (κ2) is 12.6. The molecule has 2 aliphatic rings. The molecular formula is C24H38ClN3OS. The van der Waals surface area contributed by atoms with E-state index in [1.54, 1.807) is 0 Å². The minimum atomic E-state index is 0. The Bertz CT molecular complexity index is 686. The van der Waals surface area contributed by atoms with Gasteiger partial charge in [-0.15, -0.1) is 12.4 Å². The number of hydrogen-bond donors (Lipinski definition) is 1. The molecule has 2 fully saturated rings. The average molecular weight is 452 g/mol. The third kappa shape index (κ3) is 7.19. The normalized spacial score (nSPS) is 21.1. The molecule has 1 N–H and O–H groups in total. The van der Waals surface area contributed by atoms with E-state index in [0.29, 0.717) is 18.4 Å². The molecule has 1 aliphatic heterocycles. The maximum Gasteiger partial charge on any atom is 0.226 e. The zero-order chi connectivity index (χ0) is 20.6. The van der Waals surface area contributed by atoms with Crippen LogP contribution in [-0.4, -0.2) is 40.4 Å². The molecule has 4 nitrogen and oxygen atoms in total. The van der Waals surface area contributed by atoms with E-state index < -0.39 is 0 Å². The van der Waals surface area contributed by atoms with Crippen molar-refractivity contribution in [1.29, 1.82) is 0 Å². The number of unbranched alkanes of at least 4 members (excludes halogenated alkanes) is 1. The molecule has 1 heterocycles. The predicted molar refractivity (Wildman–Crippen MR) is 133 cm³/mol. The van der Waals surface area contributed by atoms with Crippen LogP contribution in [-0.2, 0) is 4.79 Å². The van der Waals surface area contributed by atoms with Gasteiger partial charge in [-0.2, -0.15) is 0 Å². The molecule has 1 saturated carbocycles. The van der Waals surface area contributed by atoms with Crippen molar-refractivity contribution in [1.82, 2.24) is 4.90 Å². The van der Waals surface area contributed by atoms with Crippen molar-refractivity contribution in [3.8, 4) is 0 Å². The Labute approximate surface area is 193 Å². The van der Waals surface area contributed by atoms with Gasteiger partial charge in [0.05, 0.1) is 6.04 Å². The second-order valence-corrected chi connectivity index (χ2v) is 9.73. The van der Waals surface area contributed by atoms with Crippen molar-refractivity contribution in [3.63, 3.8) is 0 Å². The summed E-state index contributed by atoms with van der Waals surface area (Å²) in [4.78, 5) is 20.2. The molecule has 168 valence electrons. The van der Waals surface area contributed by atoms with Crippen LogP contribution in [0.4, 0.5) is 5.69 Å². The lowest BCUT2D eigenvalue weighted by Gasteiger charge is -2.27. The topological polar surface area (TPSA) is 44.7 Å². The number of amides is 1. The molecule has 1 aliphatic carbocycles. The number of halogens is 1. The van der Waals surface area contributed by atoms with Crippen LogP contribution in [0.15, 0.2) is 29.3 Å². The van der Waals surface area contributed by atoms with Gasteiger partial charge in [0, 0.05) is 30.4 Å². The van der Waals surface area contributed by atoms with Gasteiger partial charge in [0.15, 0.2) is 5.17 Å². The lowest BCUT2D eigenvalue weighted by atomic mass is 9.96. The largest absolute Gasteiger partial charge is 0.347 e. The molecule has 1 aromatic rings. The van der Waals surface area contributed by atoms with E-state index in [0.717, 1.165) is 24.4 Å². The van der Waals surface area contributed by atoms with Crippen molar-refractivity contribution >= 4 is 40.9 Å². The third-order valence-corrected chi connectivity index (χ3v) is 7.14. The second-order valence-electron chi connectivity index (χ2n) is 8.74. The van der Waals surface area contributed by atoms with Gasteiger partial charge in [-0.1, -0.05) is 70.3 Å². The molecule has 1 unspecified atom stereocenters. The average Bonchev–Trinajstić information content (AvgIpc) is 3.08. The Morgan fingerprint density at radius 3 is 2.53 bits per heavy atom. The van der Waals surface area contributed by atoms with E-state index in [-0.39, 0.29) is 24.4 Å². The van der Waals surface area contributed by atoms with Crippen molar-refractivity contribution in [2.75, 3.05) is 17.6 Å². The third-order valence-electron chi connectivity index (χ3n) is 5.99. The summed E-state index contributed by atoms with van der Waals surface area (Å²) in [6.07, 6.45) is 9.27. The number of aliphatic imine (C=N–C) groups is 1. The lowest BCUT2D eigenvalue weighted by molar-refractivity contribution is -0.116. The van der Waals surface area contributed by atoms with Crippen LogP contribution in [0.25, 0.3) is 0 Å². The minimum absolute atomic E-state index is 0. The van der Waals surface area contributed by atoms with Crippen molar-refractivity contribution in [3.05, 3.63) is 29.8 Å². The van der Waals surface area contributed by atoms with Crippen molar-refractivity contribution in [2.24, 2.45) is 4.99 Å².